The standard InChI is InChI=1S/C11H10F4O4/c12-10(13)18-7-2-1-3-8(19-11(14)15)6(7)4-5-9(16)17/h1-3,10-11H,4-5H2,(H,16,17). The Bertz CT molecular complexity index is 408. The molecule has 0 bridgehead atoms. The van der Waals surface area contributed by atoms with E-state index in [9.17, 15) is 22.4 Å². The number of alkyl halides is 4. The summed E-state index contributed by atoms with van der Waals surface area (Å²) in [6, 6.07) is 3.45. The average Bonchev–Trinajstić information content (AvgIpc) is 2.26. The Morgan fingerprint density at radius 1 is 1.11 bits per heavy atom. The lowest BCUT2D eigenvalue weighted by Gasteiger charge is -2.14. The van der Waals surface area contributed by atoms with Gasteiger partial charge < -0.3 is 14.6 Å². The number of ether oxygens (including phenoxy) is 2. The lowest BCUT2D eigenvalue weighted by molar-refractivity contribution is -0.136. The van der Waals surface area contributed by atoms with Crippen molar-refractivity contribution in [3.8, 4) is 11.5 Å². The third-order valence-electron chi connectivity index (χ3n) is 2.11. The highest BCUT2D eigenvalue weighted by Gasteiger charge is 2.17. The van der Waals surface area contributed by atoms with Crippen LogP contribution in [0.15, 0.2) is 18.2 Å². The molecule has 4 nitrogen and oxygen atoms in total. The first-order valence-corrected chi connectivity index (χ1v) is 5.13. The number of rotatable bonds is 7. The van der Waals surface area contributed by atoms with E-state index in [1.165, 1.54) is 6.07 Å². The van der Waals surface area contributed by atoms with Gasteiger partial charge >= 0.3 is 19.2 Å². The first-order valence-electron chi connectivity index (χ1n) is 5.13. The molecule has 0 heterocycles. The van der Waals surface area contributed by atoms with Gasteiger partial charge in [-0.15, -0.1) is 0 Å². The highest BCUT2D eigenvalue weighted by molar-refractivity contribution is 5.67. The maximum Gasteiger partial charge on any atom is 0.387 e. The molecule has 0 aliphatic rings. The topological polar surface area (TPSA) is 55.8 Å². The molecule has 0 radical (unpaired) electrons. The average molecular weight is 282 g/mol. The van der Waals surface area contributed by atoms with Gasteiger partial charge in [-0.3, -0.25) is 4.79 Å². The van der Waals surface area contributed by atoms with E-state index in [-0.39, 0.29) is 23.5 Å². The number of carboxylic acid groups (broad SMARTS) is 1. The number of benzene rings is 1. The van der Waals surface area contributed by atoms with Crippen molar-refractivity contribution in [1.29, 1.82) is 0 Å². The van der Waals surface area contributed by atoms with E-state index in [1.54, 1.807) is 0 Å². The molecule has 1 rings (SSSR count). The maximum atomic E-state index is 12.2. The summed E-state index contributed by atoms with van der Waals surface area (Å²) >= 11 is 0. The van der Waals surface area contributed by atoms with Crippen LogP contribution in [0.1, 0.15) is 12.0 Å². The normalized spacial score (nSPS) is 10.8. The number of carbonyl (C=O) groups is 1. The van der Waals surface area contributed by atoms with Crippen LogP contribution < -0.4 is 9.47 Å². The third-order valence-corrected chi connectivity index (χ3v) is 2.11. The number of hydrogen-bond acceptors (Lipinski definition) is 3. The zero-order valence-corrected chi connectivity index (χ0v) is 9.48. The minimum atomic E-state index is -3.15. The van der Waals surface area contributed by atoms with Crippen LogP contribution >= 0.6 is 0 Å². The monoisotopic (exact) mass is 282 g/mol. The lowest BCUT2D eigenvalue weighted by atomic mass is 10.1. The Morgan fingerprint density at radius 2 is 1.58 bits per heavy atom. The molecule has 0 unspecified atom stereocenters. The van der Waals surface area contributed by atoms with E-state index in [1.807, 2.05) is 0 Å². The second-order valence-corrected chi connectivity index (χ2v) is 3.38. The number of aliphatic carboxylic acids is 1. The highest BCUT2D eigenvalue weighted by Crippen LogP contribution is 2.31. The Hall–Kier alpha value is -1.99. The van der Waals surface area contributed by atoms with Gasteiger partial charge in [-0.1, -0.05) is 6.07 Å². The summed E-state index contributed by atoms with van der Waals surface area (Å²) in [5, 5.41) is 8.54. The fourth-order valence-corrected chi connectivity index (χ4v) is 1.44. The molecule has 0 spiro atoms. The summed E-state index contributed by atoms with van der Waals surface area (Å²) in [6.45, 7) is -6.30. The SMILES string of the molecule is O=C(O)CCc1c(OC(F)F)cccc1OC(F)F. The number of carboxylic acids is 1. The quantitative estimate of drug-likeness (QED) is 0.781. The summed E-state index contributed by atoms with van der Waals surface area (Å²) in [5.41, 5.74) is -0.134. The van der Waals surface area contributed by atoms with E-state index in [4.69, 9.17) is 5.11 Å². The molecular formula is C11H10F4O4. The van der Waals surface area contributed by atoms with Gasteiger partial charge in [-0.25, -0.2) is 0 Å². The summed E-state index contributed by atoms with van der Waals surface area (Å²) in [4.78, 5) is 10.5. The summed E-state index contributed by atoms with van der Waals surface area (Å²) in [6.07, 6.45) is -0.691. The lowest BCUT2D eigenvalue weighted by Crippen LogP contribution is -2.10. The second kappa shape index (κ2) is 6.81. The molecular weight excluding hydrogens is 272 g/mol. The first-order chi connectivity index (χ1) is 8.90. The Morgan fingerprint density at radius 3 is 1.95 bits per heavy atom. The van der Waals surface area contributed by atoms with E-state index >= 15 is 0 Å². The predicted octanol–water partition coefficient (Wildman–Crippen LogP) is 2.91. The Balaban J connectivity index is 3.03. The molecule has 0 amide bonds. The molecule has 0 saturated heterocycles. The van der Waals surface area contributed by atoms with Crippen molar-refractivity contribution in [3.05, 3.63) is 23.8 Å². The summed E-state index contributed by atoms with van der Waals surface area (Å²) in [7, 11) is 0. The molecule has 0 aromatic heterocycles. The van der Waals surface area contributed by atoms with Gasteiger partial charge in [0.2, 0.25) is 0 Å². The number of halogens is 4. The van der Waals surface area contributed by atoms with Gasteiger partial charge in [0.05, 0.1) is 0 Å². The van der Waals surface area contributed by atoms with Gasteiger partial charge in [0, 0.05) is 12.0 Å². The van der Waals surface area contributed by atoms with Gasteiger partial charge in [0.1, 0.15) is 11.5 Å². The van der Waals surface area contributed by atoms with E-state index < -0.39 is 25.6 Å². The van der Waals surface area contributed by atoms with Crippen molar-refractivity contribution in [2.45, 2.75) is 26.1 Å². The molecule has 1 aromatic carbocycles. The summed E-state index contributed by atoms with van der Waals surface area (Å²) < 4.78 is 57.0. The van der Waals surface area contributed by atoms with Crippen LogP contribution in [-0.4, -0.2) is 24.3 Å². The fourth-order valence-electron chi connectivity index (χ4n) is 1.44. The maximum absolute atomic E-state index is 12.2. The van der Waals surface area contributed by atoms with Crippen LogP contribution in [0.2, 0.25) is 0 Å². The molecule has 0 fully saturated rings. The zero-order chi connectivity index (χ0) is 14.4. The number of hydrogen-bond donors (Lipinski definition) is 1. The molecule has 106 valence electrons. The molecule has 19 heavy (non-hydrogen) atoms. The Kier molecular flexibility index (Phi) is 5.40. The predicted molar refractivity (Wildman–Crippen MR) is 55.7 cm³/mol. The zero-order valence-electron chi connectivity index (χ0n) is 9.48. The van der Waals surface area contributed by atoms with Crippen molar-refractivity contribution < 1.29 is 36.9 Å². The van der Waals surface area contributed by atoms with Crippen LogP contribution in [0.5, 0.6) is 11.5 Å². The molecule has 0 aliphatic heterocycles. The van der Waals surface area contributed by atoms with Crippen molar-refractivity contribution in [2.75, 3.05) is 0 Å². The first kappa shape index (κ1) is 15.1. The molecule has 0 saturated carbocycles. The Labute approximate surface area is 105 Å². The van der Waals surface area contributed by atoms with Crippen molar-refractivity contribution in [1.82, 2.24) is 0 Å². The van der Waals surface area contributed by atoms with E-state index in [0.29, 0.717) is 0 Å². The largest absolute Gasteiger partial charge is 0.481 e. The second-order valence-electron chi connectivity index (χ2n) is 3.38. The van der Waals surface area contributed by atoms with Crippen LogP contribution in [-0.2, 0) is 11.2 Å². The van der Waals surface area contributed by atoms with Gasteiger partial charge in [0.25, 0.3) is 0 Å². The van der Waals surface area contributed by atoms with Crippen molar-refractivity contribution in [3.63, 3.8) is 0 Å². The molecule has 8 heteroatoms. The third kappa shape index (κ3) is 5.02. The summed E-state index contributed by atoms with van der Waals surface area (Å²) in [5.74, 6) is -1.96. The van der Waals surface area contributed by atoms with Crippen molar-refractivity contribution >= 4 is 5.97 Å². The minimum absolute atomic E-state index is 0.134. The molecule has 0 atom stereocenters. The van der Waals surface area contributed by atoms with E-state index in [2.05, 4.69) is 9.47 Å². The molecule has 1 N–H and O–H groups in total. The van der Waals surface area contributed by atoms with Crippen LogP contribution in [0.3, 0.4) is 0 Å². The minimum Gasteiger partial charge on any atom is -0.481 e. The smallest absolute Gasteiger partial charge is 0.387 e. The fraction of sp³-hybridized carbons (Fsp3) is 0.364. The van der Waals surface area contributed by atoms with Crippen LogP contribution in [0, 0.1) is 0 Å². The van der Waals surface area contributed by atoms with Crippen molar-refractivity contribution in [2.24, 2.45) is 0 Å². The molecule has 1 aromatic rings. The highest BCUT2D eigenvalue weighted by atomic mass is 19.3. The molecule has 0 aliphatic carbocycles. The van der Waals surface area contributed by atoms with Gasteiger partial charge in [-0.2, -0.15) is 17.6 Å². The van der Waals surface area contributed by atoms with Gasteiger partial charge in [0.15, 0.2) is 0 Å². The van der Waals surface area contributed by atoms with Crippen LogP contribution in [0.25, 0.3) is 0 Å². The van der Waals surface area contributed by atoms with E-state index in [0.717, 1.165) is 12.1 Å². The van der Waals surface area contributed by atoms with Crippen LogP contribution in [0.4, 0.5) is 17.6 Å². The van der Waals surface area contributed by atoms with Gasteiger partial charge in [-0.05, 0) is 18.6 Å².